The second-order valence-corrected chi connectivity index (χ2v) is 11.3. The van der Waals surface area contributed by atoms with Crippen molar-refractivity contribution >= 4 is 26.4 Å². The van der Waals surface area contributed by atoms with Crippen molar-refractivity contribution in [3.05, 3.63) is 48.5 Å². The van der Waals surface area contributed by atoms with Crippen LogP contribution in [0.5, 0.6) is 11.6 Å². The fourth-order valence-electron chi connectivity index (χ4n) is 4.72. The van der Waals surface area contributed by atoms with E-state index in [2.05, 4.69) is 20.0 Å². The van der Waals surface area contributed by atoms with E-state index in [4.69, 9.17) is 14.5 Å². The van der Waals surface area contributed by atoms with Crippen molar-refractivity contribution in [1.82, 2.24) is 24.7 Å². The highest BCUT2D eigenvalue weighted by molar-refractivity contribution is 7.90. The summed E-state index contributed by atoms with van der Waals surface area (Å²) in [5.74, 6) is 1.98. The van der Waals surface area contributed by atoms with E-state index < -0.39 is 9.84 Å². The molecule has 0 amide bonds. The summed E-state index contributed by atoms with van der Waals surface area (Å²) < 4.78 is 36.3. The molecule has 5 heterocycles. The zero-order valence-corrected chi connectivity index (χ0v) is 21.7. The Hall–Kier alpha value is -3.73. The van der Waals surface area contributed by atoms with Gasteiger partial charge in [-0.3, -0.25) is 9.97 Å². The standard InChI is InChI=1S/C25H28N6O4S/c1-15-19-12-27-31(22(19)10-21(28-15)20-11-26-7-6-23(20)34-3)24-8-18(9-25(29-24)35-4)30-13-17(16(30)2)14-36(5,32)33/h6-12,16-17H,13-14H2,1-5H3/t16-,17-/m1/s1. The predicted octanol–water partition coefficient (Wildman–Crippen LogP) is 3.07. The first-order valence-electron chi connectivity index (χ1n) is 11.5. The molecular weight excluding hydrogens is 480 g/mol. The number of pyridine rings is 3. The lowest BCUT2D eigenvalue weighted by molar-refractivity contribution is 0.339. The summed E-state index contributed by atoms with van der Waals surface area (Å²) in [6, 6.07) is 7.63. The molecule has 4 aromatic heterocycles. The largest absolute Gasteiger partial charge is 0.496 e. The number of hydrogen-bond donors (Lipinski definition) is 0. The SMILES string of the molecule is COc1cc(N2C[C@H](CS(C)(=O)=O)[C@H]2C)cc(-n2ncc3c(C)nc(-c4cnccc4OC)cc32)n1. The number of rotatable bonds is 7. The summed E-state index contributed by atoms with van der Waals surface area (Å²) >= 11 is 0. The van der Waals surface area contributed by atoms with Gasteiger partial charge in [0, 0.05) is 66.1 Å². The normalized spacial score (nSPS) is 17.8. The summed E-state index contributed by atoms with van der Waals surface area (Å²) in [4.78, 5) is 15.8. The minimum atomic E-state index is -3.04. The molecular formula is C25H28N6O4S. The second kappa shape index (κ2) is 9.05. The highest BCUT2D eigenvalue weighted by Gasteiger charge is 2.38. The van der Waals surface area contributed by atoms with E-state index in [0.29, 0.717) is 24.0 Å². The van der Waals surface area contributed by atoms with Crippen LogP contribution in [0.15, 0.2) is 42.9 Å². The van der Waals surface area contributed by atoms with Gasteiger partial charge in [0.15, 0.2) is 5.82 Å². The Morgan fingerprint density at radius 2 is 1.92 bits per heavy atom. The minimum absolute atomic E-state index is 0.0742. The van der Waals surface area contributed by atoms with Crippen molar-refractivity contribution in [1.29, 1.82) is 0 Å². The Morgan fingerprint density at radius 3 is 2.61 bits per heavy atom. The molecule has 2 atom stereocenters. The maximum atomic E-state index is 11.8. The van der Waals surface area contributed by atoms with E-state index in [1.54, 1.807) is 43.6 Å². The van der Waals surface area contributed by atoms with Crippen LogP contribution in [0.2, 0.25) is 0 Å². The monoisotopic (exact) mass is 508 g/mol. The molecule has 1 saturated heterocycles. The second-order valence-electron chi connectivity index (χ2n) is 9.13. The van der Waals surface area contributed by atoms with Crippen LogP contribution in [0.4, 0.5) is 5.69 Å². The maximum Gasteiger partial charge on any atom is 0.217 e. The third kappa shape index (κ3) is 4.34. The molecule has 0 N–H and O–H groups in total. The molecule has 0 spiro atoms. The van der Waals surface area contributed by atoms with Crippen LogP contribution < -0.4 is 14.4 Å². The molecule has 0 unspecified atom stereocenters. The van der Waals surface area contributed by atoms with Crippen LogP contribution in [0, 0.1) is 12.8 Å². The van der Waals surface area contributed by atoms with Crippen LogP contribution in [0.1, 0.15) is 12.6 Å². The third-order valence-corrected chi connectivity index (χ3v) is 7.72. The Balaban J connectivity index is 1.57. The molecule has 188 valence electrons. The fourth-order valence-corrected chi connectivity index (χ4v) is 5.88. The third-order valence-electron chi connectivity index (χ3n) is 6.69. The lowest BCUT2D eigenvalue weighted by atomic mass is 9.91. The molecule has 0 saturated carbocycles. The summed E-state index contributed by atoms with van der Waals surface area (Å²) in [6.45, 7) is 4.63. The van der Waals surface area contributed by atoms with E-state index >= 15 is 0 Å². The Labute approximate surface area is 209 Å². The zero-order chi connectivity index (χ0) is 25.6. The van der Waals surface area contributed by atoms with Gasteiger partial charge in [-0.2, -0.15) is 10.1 Å². The summed E-state index contributed by atoms with van der Waals surface area (Å²) in [7, 11) is 0.155. The number of sulfone groups is 1. The van der Waals surface area contributed by atoms with Gasteiger partial charge >= 0.3 is 0 Å². The number of anilines is 1. The summed E-state index contributed by atoms with van der Waals surface area (Å²) in [5, 5.41) is 5.52. The molecule has 11 heteroatoms. The van der Waals surface area contributed by atoms with Gasteiger partial charge in [-0.05, 0) is 26.0 Å². The molecule has 0 radical (unpaired) electrons. The van der Waals surface area contributed by atoms with Crippen molar-refractivity contribution in [2.75, 3.05) is 37.7 Å². The Bertz CT molecular complexity index is 1550. The van der Waals surface area contributed by atoms with Crippen LogP contribution in [0.3, 0.4) is 0 Å². The van der Waals surface area contributed by atoms with Crippen LogP contribution in [0.25, 0.3) is 28.0 Å². The first-order chi connectivity index (χ1) is 17.2. The van der Waals surface area contributed by atoms with Crippen molar-refractivity contribution in [3.63, 3.8) is 0 Å². The van der Waals surface area contributed by atoms with Crippen molar-refractivity contribution in [2.24, 2.45) is 5.92 Å². The van der Waals surface area contributed by atoms with Crippen molar-refractivity contribution < 1.29 is 17.9 Å². The predicted molar refractivity (Wildman–Crippen MR) is 138 cm³/mol. The molecule has 0 aliphatic carbocycles. The molecule has 0 aromatic carbocycles. The van der Waals surface area contributed by atoms with Gasteiger partial charge in [-0.25, -0.2) is 13.1 Å². The van der Waals surface area contributed by atoms with E-state index in [1.807, 2.05) is 32.0 Å². The molecule has 4 aromatic rings. The number of hydrogen-bond acceptors (Lipinski definition) is 9. The number of aromatic nitrogens is 5. The van der Waals surface area contributed by atoms with Gasteiger partial charge in [-0.1, -0.05) is 0 Å². The smallest absolute Gasteiger partial charge is 0.217 e. The van der Waals surface area contributed by atoms with Gasteiger partial charge in [0.1, 0.15) is 15.6 Å². The van der Waals surface area contributed by atoms with E-state index in [1.165, 1.54) is 6.26 Å². The van der Waals surface area contributed by atoms with Gasteiger partial charge in [0.05, 0.1) is 42.9 Å². The van der Waals surface area contributed by atoms with Gasteiger partial charge in [-0.15, -0.1) is 0 Å². The first-order valence-corrected chi connectivity index (χ1v) is 13.6. The molecule has 1 aliphatic rings. The summed E-state index contributed by atoms with van der Waals surface area (Å²) in [5.41, 5.74) is 4.06. The van der Waals surface area contributed by atoms with Crippen LogP contribution in [-0.4, -0.2) is 72.0 Å². The van der Waals surface area contributed by atoms with Gasteiger partial charge in [0.2, 0.25) is 5.88 Å². The average Bonchev–Trinajstić information content (AvgIpc) is 3.30. The van der Waals surface area contributed by atoms with E-state index in [0.717, 1.165) is 33.5 Å². The highest BCUT2D eigenvalue weighted by atomic mass is 32.2. The van der Waals surface area contributed by atoms with E-state index in [-0.39, 0.29) is 17.7 Å². The summed E-state index contributed by atoms with van der Waals surface area (Å²) in [6.07, 6.45) is 6.46. The average molecular weight is 509 g/mol. The van der Waals surface area contributed by atoms with Crippen molar-refractivity contribution in [2.45, 2.75) is 19.9 Å². The zero-order valence-electron chi connectivity index (χ0n) is 20.8. The number of methoxy groups -OCH3 is 2. The number of ether oxygens (including phenoxy) is 2. The molecule has 1 fully saturated rings. The highest BCUT2D eigenvalue weighted by Crippen LogP contribution is 2.36. The lowest BCUT2D eigenvalue weighted by Gasteiger charge is -2.48. The fraction of sp³-hybridized carbons (Fsp3) is 0.360. The molecule has 10 nitrogen and oxygen atoms in total. The van der Waals surface area contributed by atoms with Crippen molar-refractivity contribution in [3.8, 4) is 28.7 Å². The Kier molecular flexibility index (Phi) is 6.03. The Morgan fingerprint density at radius 1 is 1.11 bits per heavy atom. The molecule has 0 bridgehead atoms. The number of aryl methyl sites for hydroxylation is 1. The topological polar surface area (TPSA) is 112 Å². The minimum Gasteiger partial charge on any atom is -0.496 e. The molecule has 36 heavy (non-hydrogen) atoms. The van der Waals surface area contributed by atoms with Gasteiger partial charge in [0.25, 0.3) is 0 Å². The molecule has 5 rings (SSSR count). The maximum absolute atomic E-state index is 11.8. The van der Waals surface area contributed by atoms with Gasteiger partial charge < -0.3 is 14.4 Å². The number of nitrogens with zero attached hydrogens (tertiary/aromatic N) is 6. The lowest BCUT2D eigenvalue weighted by Crippen LogP contribution is -2.57. The first kappa shape index (κ1) is 24.0. The quantitative estimate of drug-likeness (QED) is 0.372. The van der Waals surface area contributed by atoms with E-state index in [9.17, 15) is 8.42 Å². The molecule has 1 aliphatic heterocycles. The van der Waals surface area contributed by atoms with Crippen LogP contribution >= 0.6 is 0 Å². The number of fused-ring (bicyclic) bond motifs is 1. The van der Waals surface area contributed by atoms with Crippen LogP contribution in [-0.2, 0) is 9.84 Å².